The van der Waals surface area contributed by atoms with E-state index in [1.807, 2.05) is 13.8 Å². The zero-order valence-electron chi connectivity index (χ0n) is 9.76. The van der Waals surface area contributed by atoms with Crippen LogP contribution >= 0.6 is 11.6 Å². The monoisotopic (exact) mass is 244 g/mol. The molecule has 0 bridgehead atoms. The molecule has 0 heterocycles. The summed E-state index contributed by atoms with van der Waals surface area (Å²) in [5.41, 5.74) is 0.258. The smallest absolute Gasteiger partial charge is 0.127 e. The minimum Gasteiger partial charge on any atom is -0.396 e. The van der Waals surface area contributed by atoms with E-state index in [-0.39, 0.29) is 17.8 Å². The number of hydrogen-bond acceptors (Lipinski definition) is 1. The molecule has 0 aliphatic heterocycles. The van der Waals surface area contributed by atoms with Crippen molar-refractivity contribution in [1.82, 2.24) is 0 Å². The Hall–Kier alpha value is -0.600. The van der Waals surface area contributed by atoms with Crippen LogP contribution in [0, 0.1) is 11.2 Å². The molecule has 0 unspecified atom stereocenters. The molecule has 90 valence electrons. The van der Waals surface area contributed by atoms with Crippen molar-refractivity contribution in [2.24, 2.45) is 5.41 Å². The molecule has 1 N–H and O–H groups in total. The zero-order chi connectivity index (χ0) is 12.2. The highest BCUT2D eigenvalue weighted by molar-refractivity contribution is 6.31. The summed E-state index contributed by atoms with van der Waals surface area (Å²) in [5.74, 6) is -0.285. The highest BCUT2D eigenvalue weighted by atomic mass is 35.5. The molecule has 1 aromatic rings. The molecule has 1 rings (SSSR count). The number of hydrogen-bond donors (Lipinski definition) is 1. The van der Waals surface area contributed by atoms with Gasteiger partial charge in [-0.2, -0.15) is 0 Å². The third-order valence-corrected chi connectivity index (χ3v) is 3.80. The fourth-order valence-electron chi connectivity index (χ4n) is 1.86. The van der Waals surface area contributed by atoms with Crippen LogP contribution in [0.2, 0.25) is 5.02 Å². The first-order valence-electron chi connectivity index (χ1n) is 5.62. The molecule has 3 heteroatoms. The number of aliphatic hydroxyl groups excluding tert-OH is 1. The fourth-order valence-corrected chi connectivity index (χ4v) is 2.09. The van der Waals surface area contributed by atoms with Crippen molar-refractivity contribution in [3.63, 3.8) is 0 Å². The number of benzene rings is 1. The second-order valence-electron chi connectivity index (χ2n) is 4.24. The first-order valence-corrected chi connectivity index (χ1v) is 6.00. The van der Waals surface area contributed by atoms with Gasteiger partial charge in [-0.3, -0.25) is 0 Å². The second kappa shape index (κ2) is 5.65. The van der Waals surface area contributed by atoms with Crippen LogP contribution in [0.5, 0.6) is 0 Å². The quantitative estimate of drug-likeness (QED) is 0.835. The van der Waals surface area contributed by atoms with Crippen molar-refractivity contribution < 1.29 is 9.50 Å². The van der Waals surface area contributed by atoms with Gasteiger partial charge in [-0.05, 0) is 36.8 Å². The summed E-state index contributed by atoms with van der Waals surface area (Å²) in [6, 6.07) is 4.70. The maximum atomic E-state index is 13.6. The summed E-state index contributed by atoms with van der Waals surface area (Å²) in [7, 11) is 0. The predicted molar refractivity (Wildman–Crippen MR) is 65.2 cm³/mol. The summed E-state index contributed by atoms with van der Waals surface area (Å²) in [5, 5.41) is 9.90. The molecule has 1 aromatic carbocycles. The lowest BCUT2D eigenvalue weighted by atomic mass is 9.77. The standard InChI is InChI=1S/C13H18ClFO/c1-3-13(4-2,9-16)8-10-11(14)6-5-7-12(10)15/h5-7,16H,3-4,8-9H2,1-2H3. The van der Waals surface area contributed by atoms with Crippen molar-refractivity contribution >= 4 is 11.6 Å². The van der Waals surface area contributed by atoms with Gasteiger partial charge in [-0.25, -0.2) is 4.39 Å². The molecule has 0 aliphatic rings. The molecule has 0 radical (unpaired) electrons. The van der Waals surface area contributed by atoms with Crippen LogP contribution in [-0.2, 0) is 6.42 Å². The highest BCUT2D eigenvalue weighted by Gasteiger charge is 2.27. The predicted octanol–water partition coefficient (Wildman–Crippen LogP) is 3.82. The molecule has 0 aliphatic carbocycles. The van der Waals surface area contributed by atoms with Crippen LogP contribution in [0.25, 0.3) is 0 Å². The van der Waals surface area contributed by atoms with Gasteiger partial charge in [0.15, 0.2) is 0 Å². The minimum absolute atomic E-state index is 0.0602. The van der Waals surface area contributed by atoms with Gasteiger partial charge in [0.2, 0.25) is 0 Å². The lowest BCUT2D eigenvalue weighted by Crippen LogP contribution is -2.27. The van der Waals surface area contributed by atoms with Gasteiger partial charge in [0.05, 0.1) is 0 Å². The van der Waals surface area contributed by atoms with E-state index in [0.717, 1.165) is 12.8 Å². The summed E-state index contributed by atoms with van der Waals surface area (Å²) in [6.45, 7) is 4.08. The van der Waals surface area contributed by atoms with Crippen LogP contribution in [0.4, 0.5) is 4.39 Å². The molecule has 0 spiro atoms. The Morgan fingerprint density at radius 3 is 2.38 bits per heavy atom. The van der Waals surface area contributed by atoms with Gasteiger partial charge in [-0.15, -0.1) is 0 Å². The third-order valence-electron chi connectivity index (χ3n) is 3.45. The molecular formula is C13H18ClFO. The lowest BCUT2D eigenvalue weighted by Gasteiger charge is -2.30. The van der Waals surface area contributed by atoms with Crippen molar-refractivity contribution in [3.8, 4) is 0 Å². The van der Waals surface area contributed by atoms with Crippen molar-refractivity contribution in [2.45, 2.75) is 33.1 Å². The van der Waals surface area contributed by atoms with Gasteiger partial charge >= 0.3 is 0 Å². The van der Waals surface area contributed by atoms with E-state index >= 15 is 0 Å². The first kappa shape index (κ1) is 13.5. The van der Waals surface area contributed by atoms with Gasteiger partial charge in [0.25, 0.3) is 0 Å². The first-order chi connectivity index (χ1) is 7.58. The Labute approximate surface area is 101 Å². The molecule has 0 saturated heterocycles. The number of rotatable bonds is 5. The van der Waals surface area contributed by atoms with Gasteiger partial charge < -0.3 is 5.11 Å². The van der Waals surface area contributed by atoms with E-state index in [2.05, 4.69) is 0 Å². The maximum Gasteiger partial charge on any atom is 0.127 e. The van der Waals surface area contributed by atoms with Crippen LogP contribution in [-0.4, -0.2) is 11.7 Å². The Kier molecular flexibility index (Phi) is 4.75. The molecule has 16 heavy (non-hydrogen) atoms. The largest absolute Gasteiger partial charge is 0.396 e. The van der Waals surface area contributed by atoms with Crippen molar-refractivity contribution in [2.75, 3.05) is 6.61 Å². The number of aliphatic hydroxyl groups is 1. The molecule has 0 fully saturated rings. The maximum absolute atomic E-state index is 13.6. The van der Waals surface area contributed by atoms with Gasteiger partial charge in [0.1, 0.15) is 5.82 Å². The topological polar surface area (TPSA) is 20.2 Å². The lowest BCUT2D eigenvalue weighted by molar-refractivity contribution is 0.114. The van der Waals surface area contributed by atoms with E-state index < -0.39 is 0 Å². The molecule has 0 atom stereocenters. The van der Waals surface area contributed by atoms with Gasteiger partial charge in [-0.1, -0.05) is 31.5 Å². The Morgan fingerprint density at radius 1 is 1.31 bits per heavy atom. The molecule has 0 amide bonds. The van der Waals surface area contributed by atoms with Crippen LogP contribution in [0.3, 0.4) is 0 Å². The van der Waals surface area contributed by atoms with E-state index in [0.29, 0.717) is 17.0 Å². The highest BCUT2D eigenvalue weighted by Crippen LogP contribution is 2.33. The molecular weight excluding hydrogens is 227 g/mol. The minimum atomic E-state index is -0.285. The Morgan fingerprint density at radius 2 is 1.94 bits per heavy atom. The van der Waals surface area contributed by atoms with E-state index in [4.69, 9.17) is 11.6 Å². The fraction of sp³-hybridized carbons (Fsp3) is 0.538. The number of halogens is 2. The Bertz CT molecular complexity index is 319. The van der Waals surface area contributed by atoms with Crippen LogP contribution in [0.1, 0.15) is 32.3 Å². The molecule has 0 saturated carbocycles. The SMILES string of the molecule is CCC(CC)(CO)Cc1c(F)cccc1Cl. The second-order valence-corrected chi connectivity index (χ2v) is 4.65. The summed E-state index contributed by atoms with van der Waals surface area (Å²) < 4.78 is 13.6. The van der Waals surface area contributed by atoms with Crippen LogP contribution in [0.15, 0.2) is 18.2 Å². The van der Waals surface area contributed by atoms with Crippen molar-refractivity contribution in [3.05, 3.63) is 34.6 Å². The van der Waals surface area contributed by atoms with E-state index in [1.54, 1.807) is 12.1 Å². The summed E-state index contributed by atoms with van der Waals surface area (Å²) >= 11 is 5.98. The normalized spacial score (nSPS) is 11.8. The molecule has 0 aromatic heterocycles. The van der Waals surface area contributed by atoms with Crippen molar-refractivity contribution in [1.29, 1.82) is 0 Å². The average molecular weight is 245 g/mol. The van der Waals surface area contributed by atoms with Gasteiger partial charge in [0, 0.05) is 17.2 Å². The Balaban J connectivity index is 3.02. The zero-order valence-corrected chi connectivity index (χ0v) is 10.5. The molecule has 1 nitrogen and oxygen atoms in total. The third kappa shape index (κ3) is 2.74. The summed E-state index contributed by atoms with van der Waals surface area (Å²) in [4.78, 5) is 0. The average Bonchev–Trinajstić information content (AvgIpc) is 2.30. The summed E-state index contributed by atoms with van der Waals surface area (Å²) in [6.07, 6.45) is 2.11. The van der Waals surface area contributed by atoms with E-state index in [1.165, 1.54) is 6.07 Å². The van der Waals surface area contributed by atoms with E-state index in [9.17, 15) is 9.50 Å². The van der Waals surface area contributed by atoms with Crippen LogP contribution < -0.4 is 0 Å².